The molecule has 0 bridgehead atoms. The van der Waals surface area contributed by atoms with E-state index in [2.05, 4.69) is 0 Å². The maximum absolute atomic E-state index is 12.6. The van der Waals surface area contributed by atoms with Gasteiger partial charge in [-0.3, -0.25) is 0 Å². The van der Waals surface area contributed by atoms with Crippen LogP contribution < -0.4 is 0 Å². The molecule has 0 aliphatic rings. The van der Waals surface area contributed by atoms with Crippen molar-refractivity contribution >= 4 is 21.4 Å². The zero-order valence-electron chi connectivity index (χ0n) is 13.0. The summed E-state index contributed by atoms with van der Waals surface area (Å²) in [6.07, 6.45) is 1.62. The second-order valence-corrected chi connectivity index (χ2v) is 6.91. The van der Waals surface area contributed by atoms with Crippen LogP contribution in [0.1, 0.15) is 18.1 Å². The summed E-state index contributed by atoms with van der Waals surface area (Å²) >= 11 is 0. The van der Waals surface area contributed by atoms with Crippen LogP contribution in [0.25, 0.3) is 5.57 Å². The van der Waals surface area contributed by atoms with Crippen LogP contribution in [0.4, 0.5) is 0 Å². The Balaban J connectivity index is 2.44. The minimum atomic E-state index is -3.49. The number of esters is 1. The first-order valence-corrected chi connectivity index (χ1v) is 8.75. The zero-order chi connectivity index (χ0) is 16.9. The Bertz CT molecular complexity index is 821. The van der Waals surface area contributed by atoms with Crippen molar-refractivity contribution in [1.82, 2.24) is 0 Å². The van der Waals surface area contributed by atoms with Gasteiger partial charge in [0.15, 0.2) is 9.84 Å². The molecule has 0 saturated heterocycles. The van der Waals surface area contributed by atoms with Gasteiger partial charge in [-0.25, -0.2) is 13.2 Å². The molecule has 0 aromatic heterocycles. The van der Waals surface area contributed by atoms with Crippen LogP contribution in [-0.4, -0.2) is 21.5 Å². The summed E-state index contributed by atoms with van der Waals surface area (Å²) in [5, 5.41) is 0. The first-order chi connectivity index (χ1) is 11.0. The molecule has 0 N–H and O–H groups in total. The summed E-state index contributed by atoms with van der Waals surface area (Å²) < 4.78 is 29.9. The summed E-state index contributed by atoms with van der Waals surface area (Å²) in [5.74, 6) is -0.668. The molecule has 0 aliphatic heterocycles. The van der Waals surface area contributed by atoms with E-state index >= 15 is 0 Å². The fourth-order valence-electron chi connectivity index (χ4n) is 2.32. The number of allylic oxidation sites excluding steroid dienone is 1. The molecular formula is C18H18O4S. The number of sulfone groups is 1. The van der Waals surface area contributed by atoms with Crippen LogP contribution in [0.5, 0.6) is 0 Å². The van der Waals surface area contributed by atoms with Gasteiger partial charge in [0.25, 0.3) is 0 Å². The van der Waals surface area contributed by atoms with Gasteiger partial charge in [0.2, 0.25) is 0 Å². The Kier molecular flexibility index (Phi) is 5.34. The smallest absolute Gasteiger partial charge is 0.338 e. The number of carbonyl (C=O) groups excluding carboxylic acids is 1. The minimum absolute atomic E-state index is 0.179. The van der Waals surface area contributed by atoms with Crippen molar-refractivity contribution < 1.29 is 17.9 Å². The molecule has 23 heavy (non-hydrogen) atoms. The van der Waals surface area contributed by atoms with Gasteiger partial charge in [0.05, 0.1) is 23.3 Å². The third kappa shape index (κ3) is 3.87. The van der Waals surface area contributed by atoms with Gasteiger partial charge in [0.1, 0.15) is 0 Å². The monoisotopic (exact) mass is 330 g/mol. The van der Waals surface area contributed by atoms with E-state index in [0.717, 1.165) is 0 Å². The Labute approximate surface area is 136 Å². The van der Waals surface area contributed by atoms with Crippen molar-refractivity contribution in [2.45, 2.75) is 17.6 Å². The largest absolute Gasteiger partial charge is 0.465 e. The molecule has 0 aliphatic carbocycles. The predicted molar refractivity (Wildman–Crippen MR) is 89.4 cm³/mol. The third-order valence-electron chi connectivity index (χ3n) is 3.45. The van der Waals surface area contributed by atoms with Gasteiger partial charge in [0, 0.05) is 0 Å². The number of hydrogen-bond acceptors (Lipinski definition) is 4. The van der Waals surface area contributed by atoms with Gasteiger partial charge >= 0.3 is 5.97 Å². The molecule has 0 unspecified atom stereocenters. The van der Waals surface area contributed by atoms with Gasteiger partial charge in [-0.2, -0.15) is 0 Å². The summed E-state index contributed by atoms with van der Waals surface area (Å²) in [6.45, 7) is 1.72. The summed E-state index contributed by atoms with van der Waals surface area (Å²) in [7, 11) is -2.19. The maximum atomic E-state index is 12.6. The van der Waals surface area contributed by atoms with Crippen molar-refractivity contribution in [3.63, 3.8) is 0 Å². The molecule has 4 nitrogen and oxygen atoms in total. The Hall–Kier alpha value is -2.40. The van der Waals surface area contributed by atoms with E-state index in [1.54, 1.807) is 67.6 Å². The number of rotatable bonds is 5. The van der Waals surface area contributed by atoms with E-state index < -0.39 is 15.8 Å². The summed E-state index contributed by atoms with van der Waals surface area (Å²) in [4.78, 5) is 12.2. The van der Waals surface area contributed by atoms with Crippen molar-refractivity contribution in [2.24, 2.45) is 0 Å². The van der Waals surface area contributed by atoms with Crippen molar-refractivity contribution in [1.29, 1.82) is 0 Å². The molecule has 120 valence electrons. The minimum Gasteiger partial charge on any atom is -0.465 e. The van der Waals surface area contributed by atoms with Crippen LogP contribution >= 0.6 is 0 Å². The molecule has 0 heterocycles. The second kappa shape index (κ2) is 7.24. The van der Waals surface area contributed by atoms with E-state index in [9.17, 15) is 13.2 Å². The first-order valence-electron chi connectivity index (χ1n) is 7.10. The Morgan fingerprint density at radius 3 is 2.26 bits per heavy atom. The van der Waals surface area contributed by atoms with Gasteiger partial charge in [-0.15, -0.1) is 0 Å². The number of ether oxygens (including phenoxy) is 1. The average Bonchev–Trinajstić information content (AvgIpc) is 2.57. The lowest BCUT2D eigenvalue weighted by atomic mass is 10.0. The lowest BCUT2D eigenvalue weighted by molar-refractivity contribution is -0.133. The molecule has 2 aromatic rings. The van der Waals surface area contributed by atoms with E-state index in [4.69, 9.17) is 4.74 Å². The van der Waals surface area contributed by atoms with Crippen LogP contribution in [0, 0.1) is 0 Å². The Morgan fingerprint density at radius 1 is 1.04 bits per heavy atom. The average molecular weight is 330 g/mol. The molecule has 5 heteroatoms. The lowest BCUT2D eigenvalue weighted by Crippen LogP contribution is -2.10. The highest BCUT2D eigenvalue weighted by molar-refractivity contribution is 7.90. The fourth-order valence-corrected chi connectivity index (χ4v) is 3.72. The van der Waals surface area contributed by atoms with Crippen LogP contribution in [0.3, 0.4) is 0 Å². The molecule has 0 fully saturated rings. The molecule has 2 rings (SSSR count). The third-order valence-corrected chi connectivity index (χ3v) is 5.13. The second-order valence-electron chi connectivity index (χ2n) is 4.92. The number of methoxy groups -OCH3 is 1. The SMILES string of the molecule is CC=C(C(=O)OC)c1ccccc1CS(=O)(=O)c1ccccc1. The summed E-state index contributed by atoms with van der Waals surface area (Å²) in [5.41, 5.74) is 1.49. The van der Waals surface area contributed by atoms with E-state index in [0.29, 0.717) is 16.7 Å². The van der Waals surface area contributed by atoms with Crippen molar-refractivity contribution in [2.75, 3.05) is 7.11 Å². The molecule has 0 atom stereocenters. The van der Waals surface area contributed by atoms with E-state index in [1.807, 2.05) is 0 Å². The highest BCUT2D eigenvalue weighted by Crippen LogP contribution is 2.24. The molecule has 0 radical (unpaired) electrons. The summed E-state index contributed by atoms with van der Waals surface area (Å²) in [6, 6.07) is 15.2. The zero-order valence-corrected chi connectivity index (χ0v) is 13.8. The maximum Gasteiger partial charge on any atom is 0.338 e. The van der Waals surface area contributed by atoms with Crippen LogP contribution in [0.2, 0.25) is 0 Å². The number of hydrogen-bond donors (Lipinski definition) is 0. The molecule has 0 saturated carbocycles. The fraction of sp³-hybridized carbons (Fsp3) is 0.167. The van der Waals surface area contributed by atoms with Crippen molar-refractivity contribution in [3.05, 3.63) is 71.8 Å². The number of benzene rings is 2. The first kappa shape index (κ1) is 17.0. The number of carbonyl (C=O) groups is 1. The highest BCUT2D eigenvalue weighted by atomic mass is 32.2. The predicted octanol–water partition coefficient (Wildman–Crippen LogP) is 3.24. The van der Waals surface area contributed by atoms with Crippen LogP contribution in [-0.2, 0) is 25.1 Å². The Morgan fingerprint density at radius 2 is 1.65 bits per heavy atom. The normalized spacial score (nSPS) is 12.0. The topological polar surface area (TPSA) is 60.4 Å². The van der Waals surface area contributed by atoms with Crippen LogP contribution in [0.15, 0.2) is 65.6 Å². The van der Waals surface area contributed by atoms with Gasteiger partial charge in [-0.1, -0.05) is 48.5 Å². The van der Waals surface area contributed by atoms with E-state index in [-0.39, 0.29) is 10.6 Å². The van der Waals surface area contributed by atoms with Gasteiger partial charge < -0.3 is 4.74 Å². The molecule has 0 amide bonds. The van der Waals surface area contributed by atoms with Crippen molar-refractivity contribution in [3.8, 4) is 0 Å². The van der Waals surface area contributed by atoms with E-state index in [1.165, 1.54) is 7.11 Å². The lowest BCUT2D eigenvalue weighted by Gasteiger charge is -2.12. The standard InChI is InChI=1S/C18H18O4S/c1-3-16(18(19)22-2)17-12-8-7-9-14(17)13-23(20,21)15-10-5-4-6-11-15/h3-12H,13H2,1-2H3. The molecule has 0 spiro atoms. The quantitative estimate of drug-likeness (QED) is 0.624. The van der Waals surface area contributed by atoms with Gasteiger partial charge in [-0.05, 0) is 30.2 Å². The molecular weight excluding hydrogens is 312 g/mol. The molecule has 2 aromatic carbocycles. The highest BCUT2D eigenvalue weighted by Gasteiger charge is 2.20.